The third-order valence-corrected chi connectivity index (χ3v) is 2.54. The molecule has 0 aliphatic rings. The van der Waals surface area contributed by atoms with Gasteiger partial charge in [0, 0.05) is 12.1 Å². The number of nitriles is 1. The molecule has 84 valence electrons. The van der Waals surface area contributed by atoms with Gasteiger partial charge in [0.1, 0.15) is 6.54 Å². The minimum absolute atomic E-state index is 0.0680. The summed E-state index contributed by atoms with van der Waals surface area (Å²) in [5, 5.41) is 8.63. The Morgan fingerprint density at radius 2 is 2.12 bits per heavy atom. The van der Waals surface area contributed by atoms with E-state index in [0.717, 1.165) is 11.1 Å². The quantitative estimate of drug-likeness (QED) is 0.727. The second kappa shape index (κ2) is 5.32. The van der Waals surface area contributed by atoms with Crippen molar-refractivity contribution >= 4 is 5.91 Å². The van der Waals surface area contributed by atoms with Gasteiger partial charge in [0.25, 0.3) is 5.91 Å². The average molecular weight is 216 g/mol. The molecule has 1 aromatic carbocycles. The molecule has 0 bridgehead atoms. The minimum atomic E-state index is -0.0680. The van der Waals surface area contributed by atoms with E-state index in [0.29, 0.717) is 12.1 Å². The van der Waals surface area contributed by atoms with Gasteiger partial charge in [0.2, 0.25) is 0 Å². The molecule has 0 aliphatic carbocycles. The van der Waals surface area contributed by atoms with Gasteiger partial charge in [-0.2, -0.15) is 5.26 Å². The topological polar surface area (TPSA) is 44.1 Å². The van der Waals surface area contributed by atoms with Crippen LogP contribution in [0, 0.1) is 25.2 Å². The van der Waals surface area contributed by atoms with Crippen molar-refractivity contribution in [2.24, 2.45) is 0 Å². The Bertz CT molecular complexity index is 432. The first-order valence-corrected chi connectivity index (χ1v) is 5.33. The summed E-state index contributed by atoms with van der Waals surface area (Å²) >= 11 is 0. The zero-order chi connectivity index (χ0) is 12.1. The molecule has 0 saturated heterocycles. The lowest BCUT2D eigenvalue weighted by atomic mass is 10.0. The Morgan fingerprint density at radius 3 is 2.62 bits per heavy atom. The summed E-state index contributed by atoms with van der Waals surface area (Å²) in [6.45, 7) is 6.48. The molecule has 0 heterocycles. The van der Waals surface area contributed by atoms with Crippen LogP contribution in [0.5, 0.6) is 0 Å². The minimum Gasteiger partial charge on any atom is -0.326 e. The monoisotopic (exact) mass is 216 g/mol. The van der Waals surface area contributed by atoms with Crippen molar-refractivity contribution in [3.05, 3.63) is 34.9 Å². The van der Waals surface area contributed by atoms with E-state index >= 15 is 0 Å². The fraction of sp³-hybridized carbons (Fsp3) is 0.385. The molecule has 0 N–H and O–H groups in total. The molecule has 0 fully saturated rings. The highest BCUT2D eigenvalue weighted by Crippen LogP contribution is 2.13. The van der Waals surface area contributed by atoms with Crippen molar-refractivity contribution in [2.75, 3.05) is 13.1 Å². The number of nitrogens with zero attached hydrogens (tertiary/aromatic N) is 2. The molecule has 16 heavy (non-hydrogen) atoms. The van der Waals surface area contributed by atoms with E-state index < -0.39 is 0 Å². The summed E-state index contributed by atoms with van der Waals surface area (Å²) in [6, 6.07) is 7.73. The van der Waals surface area contributed by atoms with Gasteiger partial charge < -0.3 is 4.90 Å². The summed E-state index contributed by atoms with van der Waals surface area (Å²) in [5.41, 5.74) is 2.78. The van der Waals surface area contributed by atoms with Gasteiger partial charge in [0.15, 0.2) is 0 Å². The van der Waals surface area contributed by atoms with Crippen LogP contribution in [0.25, 0.3) is 0 Å². The lowest BCUT2D eigenvalue weighted by Gasteiger charge is -2.18. The standard InChI is InChI=1S/C13H16N2O/c1-4-15(8-7-14)13(16)12-6-5-10(2)9-11(12)3/h5-6,9H,4,8H2,1-3H3. The molecule has 0 unspecified atom stereocenters. The summed E-state index contributed by atoms with van der Waals surface area (Å²) in [5.74, 6) is -0.0680. The van der Waals surface area contributed by atoms with E-state index in [-0.39, 0.29) is 12.5 Å². The zero-order valence-corrected chi connectivity index (χ0v) is 9.95. The summed E-state index contributed by atoms with van der Waals surface area (Å²) < 4.78 is 0. The Hall–Kier alpha value is -1.82. The van der Waals surface area contributed by atoms with Gasteiger partial charge >= 0.3 is 0 Å². The molecule has 0 aliphatic heterocycles. The first-order chi connectivity index (χ1) is 7.60. The SMILES string of the molecule is CCN(CC#N)C(=O)c1ccc(C)cc1C. The molecule has 0 spiro atoms. The van der Waals surface area contributed by atoms with Gasteiger partial charge in [-0.3, -0.25) is 4.79 Å². The van der Waals surface area contributed by atoms with Gasteiger partial charge in [-0.05, 0) is 32.4 Å². The molecule has 0 radical (unpaired) electrons. The molecule has 1 amide bonds. The maximum Gasteiger partial charge on any atom is 0.254 e. The molecular formula is C13H16N2O. The van der Waals surface area contributed by atoms with Crippen LogP contribution in [-0.2, 0) is 0 Å². The van der Waals surface area contributed by atoms with Crippen LogP contribution in [0.15, 0.2) is 18.2 Å². The Kier molecular flexibility index (Phi) is 4.07. The molecule has 0 saturated carbocycles. The summed E-state index contributed by atoms with van der Waals surface area (Å²) in [7, 11) is 0. The number of rotatable bonds is 3. The lowest BCUT2D eigenvalue weighted by Crippen LogP contribution is -2.31. The Labute approximate surface area is 96.3 Å². The molecular weight excluding hydrogens is 200 g/mol. The van der Waals surface area contributed by atoms with Crippen molar-refractivity contribution in [1.29, 1.82) is 5.26 Å². The van der Waals surface area contributed by atoms with Crippen LogP contribution in [0.1, 0.15) is 28.4 Å². The highest BCUT2D eigenvalue weighted by atomic mass is 16.2. The first-order valence-electron chi connectivity index (χ1n) is 5.33. The zero-order valence-electron chi connectivity index (χ0n) is 9.95. The smallest absolute Gasteiger partial charge is 0.254 e. The molecule has 3 heteroatoms. The molecule has 1 aromatic rings. The third-order valence-electron chi connectivity index (χ3n) is 2.54. The highest BCUT2D eigenvalue weighted by Gasteiger charge is 2.15. The van der Waals surface area contributed by atoms with Crippen LogP contribution in [-0.4, -0.2) is 23.9 Å². The number of carbonyl (C=O) groups is 1. The molecule has 0 aromatic heterocycles. The number of aryl methyl sites for hydroxylation is 2. The number of amides is 1. The average Bonchev–Trinajstić information content (AvgIpc) is 2.25. The highest BCUT2D eigenvalue weighted by molar-refractivity contribution is 5.95. The second-order valence-corrected chi connectivity index (χ2v) is 3.80. The fourth-order valence-corrected chi connectivity index (χ4v) is 1.64. The Morgan fingerprint density at radius 1 is 1.44 bits per heavy atom. The van der Waals surface area contributed by atoms with E-state index in [1.165, 1.54) is 4.90 Å². The van der Waals surface area contributed by atoms with E-state index in [9.17, 15) is 4.79 Å². The van der Waals surface area contributed by atoms with Crippen LogP contribution in [0.4, 0.5) is 0 Å². The van der Waals surface area contributed by atoms with Gasteiger partial charge in [-0.25, -0.2) is 0 Å². The van der Waals surface area contributed by atoms with Crippen LogP contribution < -0.4 is 0 Å². The predicted octanol–water partition coefficient (Wildman–Crippen LogP) is 2.29. The van der Waals surface area contributed by atoms with E-state index in [2.05, 4.69) is 0 Å². The van der Waals surface area contributed by atoms with Crippen LogP contribution in [0.3, 0.4) is 0 Å². The largest absolute Gasteiger partial charge is 0.326 e. The first kappa shape index (κ1) is 12.3. The van der Waals surface area contributed by atoms with E-state index in [1.54, 1.807) is 0 Å². The molecule has 0 atom stereocenters. The van der Waals surface area contributed by atoms with Crippen molar-refractivity contribution in [3.63, 3.8) is 0 Å². The Balaban J connectivity index is 3.00. The van der Waals surface area contributed by atoms with Gasteiger partial charge in [0.05, 0.1) is 6.07 Å². The third kappa shape index (κ3) is 2.60. The number of carbonyl (C=O) groups excluding carboxylic acids is 1. The molecule has 1 rings (SSSR count). The molecule has 3 nitrogen and oxygen atoms in total. The van der Waals surface area contributed by atoms with Crippen molar-refractivity contribution in [1.82, 2.24) is 4.90 Å². The van der Waals surface area contributed by atoms with Crippen molar-refractivity contribution in [3.8, 4) is 6.07 Å². The van der Waals surface area contributed by atoms with Gasteiger partial charge in [-0.1, -0.05) is 17.7 Å². The van der Waals surface area contributed by atoms with Crippen LogP contribution >= 0.6 is 0 Å². The normalized spacial score (nSPS) is 9.62. The number of hydrogen-bond acceptors (Lipinski definition) is 2. The lowest BCUT2D eigenvalue weighted by molar-refractivity contribution is 0.0783. The van der Waals surface area contributed by atoms with Crippen molar-refractivity contribution in [2.45, 2.75) is 20.8 Å². The van der Waals surface area contributed by atoms with Crippen LogP contribution in [0.2, 0.25) is 0 Å². The summed E-state index contributed by atoms with van der Waals surface area (Å²) in [4.78, 5) is 13.6. The van der Waals surface area contributed by atoms with E-state index in [1.807, 2.05) is 45.0 Å². The predicted molar refractivity (Wildman–Crippen MR) is 63.1 cm³/mol. The van der Waals surface area contributed by atoms with Gasteiger partial charge in [-0.15, -0.1) is 0 Å². The van der Waals surface area contributed by atoms with E-state index in [4.69, 9.17) is 5.26 Å². The second-order valence-electron chi connectivity index (χ2n) is 3.80. The number of hydrogen-bond donors (Lipinski definition) is 0. The maximum absolute atomic E-state index is 12.1. The number of benzene rings is 1. The maximum atomic E-state index is 12.1. The fourth-order valence-electron chi connectivity index (χ4n) is 1.64. The summed E-state index contributed by atoms with van der Waals surface area (Å²) in [6.07, 6.45) is 0. The van der Waals surface area contributed by atoms with Crippen molar-refractivity contribution < 1.29 is 4.79 Å².